The van der Waals surface area contributed by atoms with Crippen molar-refractivity contribution in [3.05, 3.63) is 29.3 Å². The van der Waals surface area contributed by atoms with Gasteiger partial charge in [-0.15, -0.1) is 0 Å². The Morgan fingerprint density at radius 3 is 2.29 bits per heavy atom. The van der Waals surface area contributed by atoms with Gasteiger partial charge in [-0.25, -0.2) is 8.42 Å². The minimum atomic E-state index is -3.49. The maximum absolute atomic E-state index is 12.7. The van der Waals surface area contributed by atoms with E-state index in [0.29, 0.717) is 30.1 Å². The summed E-state index contributed by atoms with van der Waals surface area (Å²) in [5.41, 5.74) is 1.20. The molecule has 5 heteroatoms. The van der Waals surface area contributed by atoms with Gasteiger partial charge in [-0.3, -0.25) is 0 Å². The molecule has 0 heterocycles. The van der Waals surface area contributed by atoms with E-state index in [4.69, 9.17) is 5.26 Å². The Labute approximate surface area is 128 Å². The first kappa shape index (κ1) is 17.7. The van der Waals surface area contributed by atoms with Gasteiger partial charge in [0.2, 0.25) is 10.0 Å². The summed E-state index contributed by atoms with van der Waals surface area (Å²) >= 11 is 0. The van der Waals surface area contributed by atoms with E-state index in [2.05, 4.69) is 19.9 Å². The molecule has 0 aliphatic rings. The first-order valence-corrected chi connectivity index (χ1v) is 8.85. The third-order valence-corrected chi connectivity index (χ3v) is 5.86. The maximum atomic E-state index is 12.7. The lowest BCUT2D eigenvalue weighted by atomic mass is 10.0. The minimum absolute atomic E-state index is 0.270. The zero-order valence-corrected chi connectivity index (χ0v) is 14.1. The highest BCUT2D eigenvalue weighted by molar-refractivity contribution is 7.89. The topological polar surface area (TPSA) is 61.2 Å². The van der Waals surface area contributed by atoms with E-state index in [9.17, 15) is 8.42 Å². The van der Waals surface area contributed by atoms with Gasteiger partial charge in [0.15, 0.2) is 0 Å². The van der Waals surface area contributed by atoms with Crippen molar-refractivity contribution in [2.75, 3.05) is 13.1 Å². The lowest BCUT2D eigenvalue weighted by Gasteiger charge is -2.25. The molecular weight excluding hydrogens is 284 g/mol. The van der Waals surface area contributed by atoms with Crippen LogP contribution in [0.25, 0.3) is 0 Å². The Balaban J connectivity index is 3.13. The Kier molecular flexibility index (Phi) is 6.38. The Bertz CT molecular complexity index is 614. The summed E-state index contributed by atoms with van der Waals surface area (Å²) in [6.07, 6.45) is 1.93. The van der Waals surface area contributed by atoms with Crippen LogP contribution < -0.4 is 0 Å². The van der Waals surface area contributed by atoms with Crippen molar-refractivity contribution in [3.8, 4) is 6.07 Å². The molecule has 0 saturated carbocycles. The third-order valence-electron chi connectivity index (χ3n) is 3.93. The van der Waals surface area contributed by atoms with Crippen LogP contribution >= 0.6 is 0 Å². The molecule has 0 aliphatic heterocycles. The summed E-state index contributed by atoms with van der Waals surface area (Å²) in [7, 11) is -3.49. The average Bonchev–Trinajstić information content (AvgIpc) is 2.48. The Hall–Kier alpha value is -1.38. The fourth-order valence-electron chi connectivity index (χ4n) is 2.30. The van der Waals surface area contributed by atoms with E-state index in [1.807, 2.05) is 6.92 Å². The van der Waals surface area contributed by atoms with E-state index in [0.717, 1.165) is 12.8 Å². The molecule has 0 N–H and O–H groups in total. The van der Waals surface area contributed by atoms with Gasteiger partial charge in [0.25, 0.3) is 0 Å². The fraction of sp³-hybridized carbons (Fsp3) is 0.562. The molecule has 0 bridgehead atoms. The molecule has 0 spiro atoms. The van der Waals surface area contributed by atoms with Crippen LogP contribution in [-0.2, 0) is 10.0 Å². The molecule has 0 aliphatic carbocycles. The average molecular weight is 308 g/mol. The van der Waals surface area contributed by atoms with Crippen LogP contribution in [0.5, 0.6) is 0 Å². The summed E-state index contributed by atoms with van der Waals surface area (Å²) in [4.78, 5) is 0.270. The standard InChI is InChI=1S/C16H24N2O2S/c1-5-14(6-2)12-18(7-3)21(19,20)16-9-8-15(11-17)13(4)10-16/h8-10,14H,5-7,12H2,1-4H3. The highest BCUT2D eigenvalue weighted by Crippen LogP contribution is 2.21. The van der Waals surface area contributed by atoms with Gasteiger partial charge >= 0.3 is 0 Å². The van der Waals surface area contributed by atoms with E-state index >= 15 is 0 Å². The zero-order chi connectivity index (χ0) is 16.0. The van der Waals surface area contributed by atoms with E-state index in [1.54, 1.807) is 19.1 Å². The smallest absolute Gasteiger partial charge is 0.207 e. The monoisotopic (exact) mass is 308 g/mol. The van der Waals surface area contributed by atoms with Crippen molar-refractivity contribution in [2.24, 2.45) is 5.92 Å². The first-order chi connectivity index (χ1) is 9.90. The van der Waals surface area contributed by atoms with E-state index < -0.39 is 10.0 Å². The van der Waals surface area contributed by atoms with Gasteiger partial charge in [0.05, 0.1) is 16.5 Å². The summed E-state index contributed by atoms with van der Waals surface area (Å²) in [5, 5.41) is 8.94. The van der Waals surface area contributed by atoms with Crippen molar-refractivity contribution in [1.82, 2.24) is 4.31 Å². The van der Waals surface area contributed by atoms with E-state index in [1.165, 1.54) is 10.4 Å². The minimum Gasteiger partial charge on any atom is -0.207 e. The largest absolute Gasteiger partial charge is 0.243 e. The van der Waals surface area contributed by atoms with Gasteiger partial charge in [-0.05, 0) is 36.6 Å². The van der Waals surface area contributed by atoms with Crippen molar-refractivity contribution < 1.29 is 8.42 Å². The molecule has 0 aromatic heterocycles. The number of rotatable bonds is 7. The fourth-order valence-corrected chi connectivity index (χ4v) is 3.91. The van der Waals surface area contributed by atoms with Gasteiger partial charge < -0.3 is 0 Å². The lowest BCUT2D eigenvalue weighted by molar-refractivity contribution is 0.339. The molecule has 0 saturated heterocycles. The van der Waals surface area contributed by atoms with Crippen LogP contribution in [0.15, 0.2) is 23.1 Å². The van der Waals surface area contributed by atoms with Crippen molar-refractivity contribution in [3.63, 3.8) is 0 Å². The predicted octanol–water partition coefficient (Wildman–Crippen LogP) is 3.31. The summed E-state index contributed by atoms with van der Waals surface area (Å²) in [5.74, 6) is 0.374. The van der Waals surface area contributed by atoms with Crippen LogP contribution in [0.1, 0.15) is 44.7 Å². The molecule has 116 valence electrons. The van der Waals surface area contributed by atoms with Gasteiger partial charge in [0, 0.05) is 13.1 Å². The van der Waals surface area contributed by atoms with E-state index in [-0.39, 0.29) is 4.90 Å². The molecule has 0 radical (unpaired) electrons. The molecule has 0 fully saturated rings. The number of hydrogen-bond acceptors (Lipinski definition) is 3. The maximum Gasteiger partial charge on any atom is 0.243 e. The van der Waals surface area contributed by atoms with Crippen molar-refractivity contribution >= 4 is 10.0 Å². The molecule has 0 atom stereocenters. The third kappa shape index (κ3) is 4.05. The molecule has 0 unspecified atom stereocenters. The van der Waals surface area contributed by atoms with Gasteiger partial charge in [-0.2, -0.15) is 9.57 Å². The molecule has 1 aromatic carbocycles. The number of sulfonamides is 1. The van der Waals surface area contributed by atoms with Crippen molar-refractivity contribution in [2.45, 2.75) is 45.4 Å². The lowest BCUT2D eigenvalue weighted by Crippen LogP contribution is -2.35. The zero-order valence-electron chi connectivity index (χ0n) is 13.3. The quantitative estimate of drug-likeness (QED) is 0.776. The molecule has 1 aromatic rings. The predicted molar refractivity (Wildman–Crippen MR) is 84.4 cm³/mol. The second-order valence-corrected chi connectivity index (χ2v) is 7.16. The van der Waals surface area contributed by atoms with Crippen molar-refractivity contribution in [1.29, 1.82) is 5.26 Å². The van der Waals surface area contributed by atoms with Crippen LogP contribution in [-0.4, -0.2) is 25.8 Å². The number of hydrogen-bond donors (Lipinski definition) is 0. The van der Waals surface area contributed by atoms with Crippen LogP contribution in [0.3, 0.4) is 0 Å². The van der Waals surface area contributed by atoms with Gasteiger partial charge in [-0.1, -0.05) is 33.6 Å². The summed E-state index contributed by atoms with van der Waals surface area (Å²) in [6.45, 7) is 8.79. The summed E-state index contributed by atoms with van der Waals surface area (Å²) in [6, 6.07) is 6.75. The first-order valence-electron chi connectivity index (χ1n) is 7.41. The number of nitrogens with zero attached hydrogens (tertiary/aromatic N) is 2. The second kappa shape index (κ2) is 7.58. The molecule has 0 amide bonds. The Morgan fingerprint density at radius 1 is 1.24 bits per heavy atom. The molecule has 21 heavy (non-hydrogen) atoms. The second-order valence-electron chi connectivity index (χ2n) is 5.23. The van der Waals surface area contributed by atoms with Crippen LogP contribution in [0.2, 0.25) is 0 Å². The summed E-state index contributed by atoms with van der Waals surface area (Å²) < 4.78 is 27.0. The number of aryl methyl sites for hydroxylation is 1. The SMILES string of the molecule is CCC(CC)CN(CC)S(=O)(=O)c1ccc(C#N)c(C)c1. The highest BCUT2D eigenvalue weighted by Gasteiger charge is 2.25. The molecule has 4 nitrogen and oxygen atoms in total. The normalized spacial score (nSPS) is 11.9. The van der Waals surface area contributed by atoms with Crippen LogP contribution in [0.4, 0.5) is 0 Å². The van der Waals surface area contributed by atoms with Crippen LogP contribution in [0, 0.1) is 24.2 Å². The Morgan fingerprint density at radius 2 is 1.86 bits per heavy atom. The number of benzene rings is 1. The van der Waals surface area contributed by atoms with Gasteiger partial charge in [0.1, 0.15) is 0 Å². The molecular formula is C16H24N2O2S. The number of nitriles is 1. The highest BCUT2D eigenvalue weighted by atomic mass is 32.2. The molecule has 1 rings (SSSR count).